The standard InChI is InChI=1S/C23H31N3O/c1-2-3-7-12-25-23(27)21-16-22(18-24-17-21)26-13-10-20(11-14-26)15-19-8-5-4-6-9-19/h4-6,8-9,16-18,20H,2-3,7,10-15H2,1H3,(H,25,27). The van der Waals surface area contributed by atoms with Crippen LogP contribution in [0.1, 0.15) is 54.9 Å². The highest BCUT2D eigenvalue weighted by molar-refractivity contribution is 5.94. The number of amides is 1. The number of carbonyl (C=O) groups is 1. The Morgan fingerprint density at radius 3 is 2.67 bits per heavy atom. The van der Waals surface area contributed by atoms with Gasteiger partial charge in [0.15, 0.2) is 0 Å². The molecule has 1 aliphatic heterocycles. The van der Waals surface area contributed by atoms with E-state index in [0.29, 0.717) is 5.56 Å². The van der Waals surface area contributed by atoms with E-state index in [1.165, 1.54) is 18.4 Å². The predicted octanol–water partition coefficient (Wildman–Crippen LogP) is 4.46. The normalized spacial score (nSPS) is 14.9. The zero-order chi connectivity index (χ0) is 18.9. The Morgan fingerprint density at radius 2 is 1.93 bits per heavy atom. The van der Waals surface area contributed by atoms with Crippen LogP contribution in [0.4, 0.5) is 5.69 Å². The molecule has 0 atom stereocenters. The van der Waals surface area contributed by atoms with Crippen molar-refractivity contribution in [3.63, 3.8) is 0 Å². The third kappa shape index (κ3) is 5.81. The summed E-state index contributed by atoms with van der Waals surface area (Å²) in [5.41, 5.74) is 3.16. The fraction of sp³-hybridized carbons (Fsp3) is 0.478. The molecule has 1 aromatic carbocycles. The Bertz CT molecular complexity index is 709. The Labute approximate surface area is 163 Å². The van der Waals surface area contributed by atoms with Crippen LogP contribution < -0.4 is 10.2 Å². The van der Waals surface area contributed by atoms with E-state index in [4.69, 9.17) is 0 Å². The maximum atomic E-state index is 12.3. The first-order chi connectivity index (χ1) is 13.3. The van der Waals surface area contributed by atoms with E-state index in [1.807, 2.05) is 12.3 Å². The second-order valence-corrected chi connectivity index (χ2v) is 7.51. The van der Waals surface area contributed by atoms with Gasteiger partial charge in [0.05, 0.1) is 17.4 Å². The van der Waals surface area contributed by atoms with Crippen molar-refractivity contribution in [2.45, 2.75) is 45.4 Å². The summed E-state index contributed by atoms with van der Waals surface area (Å²) in [5, 5.41) is 3.00. The van der Waals surface area contributed by atoms with Crippen LogP contribution in [-0.4, -0.2) is 30.5 Å². The lowest BCUT2D eigenvalue weighted by molar-refractivity contribution is 0.0952. The van der Waals surface area contributed by atoms with E-state index >= 15 is 0 Å². The quantitative estimate of drug-likeness (QED) is 0.703. The smallest absolute Gasteiger partial charge is 0.252 e. The van der Waals surface area contributed by atoms with Crippen LogP contribution >= 0.6 is 0 Å². The van der Waals surface area contributed by atoms with E-state index in [1.54, 1.807) is 6.20 Å². The first-order valence-corrected chi connectivity index (χ1v) is 10.3. The highest BCUT2D eigenvalue weighted by atomic mass is 16.1. The number of pyridine rings is 1. The summed E-state index contributed by atoms with van der Waals surface area (Å²) in [6, 6.07) is 12.7. The molecule has 144 valence electrons. The number of nitrogens with one attached hydrogen (secondary N) is 1. The molecule has 2 heterocycles. The number of aromatic nitrogens is 1. The lowest BCUT2D eigenvalue weighted by atomic mass is 9.90. The largest absolute Gasteiger partial charge is 0.370 e. The molecule has 0 unspecified atom stereocenters. The average Bonchev–Trinajstić information content (AvgIpc) is 2.72. The molecule has 0 aliphatic carbocycles. The van der Waals surface area contributed by atoms with Gasteiger partial charge in [-0.2, -0.15) is 0 Å². The molecule has 1 N–H and O–H groups in total. The van der Waals surface area contributed by atoms with Gasteiger partial charge in [0.2, 0.25) is 0 Å². The van der Waals surface area contributed by atoms with Crippen molar-refractivity contribution in [1.82, 2.24) is 10.3 Å². The highest BCUT2D eigenvalue weighted by Crippen LogP contribution is 2.25. The van der Waals surface area contributed by atoms with Crippen molar-refractivity contribution in [1.29, 1.82) is 0 Å². The number of benzene rings is 1. The summed E-state index contributed by atoms with van der Waals surface area (Å²) in [6.45, 7) is 4.96. The van der Waals surface area contributed by atoms with Gasteiger partial charge in [0, 0.05) is 25.8 Å². The molecule has 1 fully saturated rings. The summed E-state index contributed by atoms with van der Waals surface area (Å²) in [6.07, 6.45) is 10.4. The third-order valence-electron chi connectivity index (χ3n) is 5.40. The second kappa shape index (κ2) is 10.1. The molecule has 0 bridgehead atoms. The SMILES string of the molecule is CCCCCNC(=O)c1cncc(N2CCC(Cc3ccccc3)CC2)c1. The first-order valence-electron chi connectivity index (χ1n) is 10.3. The molecule has 1 aromatic heterocycles. The van der Waals surface area contributed by atoms with E-state index in [2.05, 4.69) is 52.5 Å². The van der Waals surface area contributed by atoms with E-state index < -0.39 is 0 Å². The zero-order valence-corrected chi connectivity index (χ0v) is 16.4. The first kappa shape index (κ1) is 19.4. The Balaban J connectivity index is 1.51. The fourth-order valence-electron chi connectivity index (χ4n) is 3.75. The van der Waals surface area contributed by atoms with Crippen LogP contribution in [0.15, 0.2) is 48.8 Å². The fourth-order valence-corrected chi connectivity index (χ4v) is 3.75. The summed E-state index contributed by atoms with van der Waals surface area (Å²) < 4.78 is 0. The van der Waals surface area contributed by atoms with Gasteiger partial charge in [-0.15, -0.1) is 0 Å². The molecule has 0 saturated carbocycles. The predicted molar refractivity (Wildman–Crippen MR) is 111 cm³/mol. The minimum absolute atomic E-state index is 0.0144. The Kier molecular flexibility index (Phi) is 7.26. The van der Waals surface area contributed by atoms with Crippen LogP contribution in [0, 0.1) is 5.92 Å². The summed E-state index contributed by atoms with van der Waals surface area (Å²) in [7, 11) is 0. The topological polar surface area (TPSA) is 45.2 Å². The number of rotatable bonds is 8. The maximum absolute atomic E-state index is 12.3. The molecule has 1 amide bonds. The summed E-state index contributed by atoms with van der Waals surface area (Å²) in [4.78, 5) is 19.0. The van der Waals surface area contributed by atoms with Gasteiger partial charge in [-0.05, 0) is 43.2 Å². The molecule has 0 spiro atoms. The molecular weight excluding hydrogens is 334 g/mol. The van der Waals surface area contributed by atoms with Crippen LogP contribution in [0.3, 0.4) is 0 Å². The molecule has 2 aromatic rings. The Morgan fingerprint density at radius 1 is 1.15 bits per heavy atom. The van der Waals surface area contributed by atoms with Crippen LogP contribution in [0.25, 0.3) is 0 Å². The molecule has 1 saturated heterocycles. The molecule has 27 heavy (non-hydrogen) atoms. The lowest BCUT2D eigenvalue weighted by Gasteiger charge is -2.33. The number of anilines is 1. The van der Waals surface area contributed by atoms with Gasteiger partial charge >= 0.3 is 0 Å². The lowest BCUT2D eigenvalue weighted by Crippen LogP contribution is -2.34. The van der Waals surface area contributed by atoms with Crippen LogP contribution in [0.2, 0.25) is 0 Å². The van der Waals surface area contributed by atoms with E-state index in [0.717, 1.165) is 56.9 Å². The average molecular weight is 366 g/mol. The van der Waals surface area contributed by atoms with Gasteiger partial charge in [-0.3, -0.25) is 9.78 Å². The van der Waals surface area contributed by atoms with Crippen LogP contribution in [-0.2, 0) is 6.42 Å². The molecule has 0 radical (unpaired) electrons. The molecule has 4 heteroatoms. The number of carbonyl (C=O) groups excluding carboxylic acids is 1. The van der Waals surface area contributed by atoms with Crippen molar-refractivity contribution < 1.29 is 4.79 Å². The minimum atomic E-state index is -0.0144. The number of unbranched alkanes of at least 4 members (excludes halogenated alkanes) is 2. The van der Waals surface area contributed by atoms with Crippen molar-refractivity contribution in [3.05, 3.63) is 59.9 Å². The second-order valence-electron chi connectivity index (χ2n) is 7.51. The van der Waals surface area contributed by atoms with Gasteiger partial charge in [-0.25, -0.2) is 0 Å². The van der Waals surface area contributed by atoms with E-state index in [9.17, 15) is 4.79 Å². The van der Waals surface area contributed by atoms with E-state index in [-0.39, 0.29) is 5.91 Å². The van der Waals surface area contributed by atoms with Crippen molar-refractivity contribution in [2.75, 3.05) is 24.5 Å². The monoisotopic (exact) mass is 365 g/mol. The van der Waals surface area contributed by atoms with Crippen LogP contribution in [0.5, 0.6) is 0 Å². The maximum Gasteiger partial charge on any atom is 0.252 e. The van der Waals surface area contributed by atoms with Gasteiger partial charge < -0.3 is 10.2 Å². The third-order valence-corrected chi connectivity index (χ3v) is 5.40. The van der Waals surface area contributed by atoms with Crippen molar-refractivity contribution in [3.8, 4) is 0 Å². The number of piperidine rings is 1. The van der Waals surface area contributed by atoms with Crippen molar-refractivity contribution in [2.24, 2.45) is 5.92 Å². The molecule has 4 nitrogen and oxygen atoms in total. The van der Waals surface area contributed by atoms with Gasteiger partial charge in [0.25, 0.3) is 5.91 Å². The summed E-state index contributed by atoms with van der Waals surface area (Å²) in [5.74, 6) is 0.723. The highest BCUT2D eigenvalue weighted by Gasteiger charge is 2.20. The molecular formula is C23H31N3O. The summed E-state index contributed by atoms with van der Waals surface area (Å²) >= 11 is 0. The molecule has 1 aliphatic rings. The van der Waals surface area contributed by atoms with Crippen molar-refractivity contribution >= 4 is 11.6 Å². The molecule has 3 rings (SSSR count). The Hall–Kier alpha value is -2.36. The minimum Gasteiger partial charge on any atom is -0.370 e. The number of nitrogens with zero attached hydrogens (tertiary/aromatic N) is 2. The number of hydrogen-bond acceptors (Lipinski definition) is 3. The van der Waals surface area contributed by atoms with Gasteiger partial charge in [-0.1, -0.05) is 50.1 Å². The number of hydrogen-bond donors (Lipinski definition) is 1. The van der Waals surface area contributed by atoms with Gasteiger partial charge in [0.1, 0.15) is 0 Å². The zero-order valence-electron chi connectivity index (χ0n) is 16.4.